The molecule has 0 saturated carbocycles. The molecule has 1 aliphatic heterocycles. The van der Waals surface area contributed by atoms with E-state index in [0.29, 0.717) is 34.2 Å². The van der Waals surface area contributed by atoms with Crippen LogP contribution in [0.25, 0.3) is 27.7 Å². The van der Waals surface area contributed by atoms with Crippen molar-refractivity contribution >= 4 is 22.3 Å². The molecule has 0 aliphatic carbocycles. The van der Waals surface area contributed by atoms with Crippen molar-refractivity contribution in [2.45, 2.75) is 38.4 Å². The summed E-state index contributed by atoms with van der Waals surface area (Å²) in [4.78, 5) is 23.0. The van der Waals surface area contributed by atoms with Gasteiger partial charge in [0.15, 0.2) is 0 Å². The fourth-order valence-corrected chi connectivity index (χ4v) is 4.10. The van der Waals surface area contributed by atoms with E-state index in [1.165, 1.54) is 18.5 Å². The summed E-state index contributed by atoms with van der Waals surface area (Å²) in [6.07, 6.45) is 5.59. The highest BCUT2D eigenvalue weighted by Gasteiger charge is 2.28. The molecule has 1 aliphatic rings. The number of fused-ring (bicyclic) bond motifs is 2. The summed E-state index contributed by atoms with van der Waals surface area (Å²) in [7, 11) is 0. The summed E-state index contributed by atoms with van der Waals surface area (Å²) in [5.41, 5.74) is 1.47. The van der Waals surface area contributed by atoms with Crippen LogP contribution in [0.5, 0.6) is 0 Å². The molecule has 0 N–H and O–H groups in total. The van der Waals surface area contributed by atoms with Crippen LogP contribution in [0.15, 0.2) is 37.1 Å². The number of pyridine rings is 1. The lowest BCUT2D eigenvalue weighted by Gasteiger charge is -2.19. The summed E-state index contributed by atoms with van der Waals surface area (Å²) in [6.45, 7) is 1.22. The van der Waals surface area contributed by atoms with Gasteiger partial charge in [-0.1, -0.05) is 12.8 Å². The third-order valence-corrected chi connectivity index (χ3v) is 5.73. The van der Waals surface area contributed by atoms with Crippen LogP contribution in [0.4, 0.5) is 13.2 Å². The van der Waals surface area contributed by atoms with Crippen molar-refractivity contribution in [3.63, 3.8) is 0 Å². The molecule has 4 aromatic rings. The summed E-state index contributed by atoms with van der Waals surface area (Å²) < 4.78 is 43.3. The molecule has 0 bridgehead atoms. The molecule has 5 rings (SSSR count). The first-order valence-corrected chi connectivity index (χ1v) is 10.4. The molecule has 0 aromatic carbocycles. The lowest BCUT2D eigenvalue weighted by atomic mass is 10.1. The average molecular weight is 443 g/mol. The van der Waals surface area contributed by atoms with Crippen LogP contribution in [0.1, 0.15) is 42.5 Å². The van der Waals surface area contributed by atoms with Crippen molar-refractivity contribution in [3.05, 3.63) is 42.7 Å². The minimum Gasteiger partial charge on any atom is -0.337 e. The fraction of sp³-hybridized carbons (Fsp3) is 0.381. The Balaban J connectivity index is 1.64. The monoisotopic (exact) mass is 443 g/mol. The van der Waals surface area contributed by atoms with Crippen molar-refractivity contribution in [3.8, 4) is 11.3 Å². The van der Waals surface area contributed by atoms with E-state index in [-0.39, 0.29) is 22.8 Å². The number of rotatable bonds is 4. The zero-order valence-corrected chi connectivity index (χ0v) is 17.0. The van der Waals surface area contributed by atoms with E-state index < -0.39 is 12.7 Å². The van der Waals surface area contributed by atoms with Gasteiger partial charge in [0, 0.05) is 37.1 Å². The molecule has 11 heteroatoms. The molecule has 1 fully saturated rings. The molecule has 8 nitrogen and oxygen atoms in total. The fourth-order valence-electron chi connectivity index (χ4n) is 4.10. The predicted molar refractivity (Wildman–Crippen MR) is 110 cm³/mol. The summed E-state index contributed by atoms with van der Waals surface area (Å²) in [5.74, 6) is -0.296. The molecule has 0 spiro atoms. The van der Waals surface area contributed by atoms with Crippen molar-refractivity contribution in [1.29, 1.82) is 0 Å². The van der Waals surface area contributed by atoms with Crippen molar-refractivity contribution in [2.75, 3.05) is 13.1 Å². The number of hydrogen-bond donors (Lipinski definition) is 0. The minimum absolute atomic E-state index is 0.0733. The molecule has 1 amide bonds. The maximum absolute atomic E-state index is 14.5. The second-order valence-electron chi connectivity index (χ2n) is 7.76. The maximum Gasteiger partial charge on any atom is 0.289 e. The molecule has 1 unspecified atom stereocenters. The first-order valence-electron chi connectivity index (χ1n) is 10.4. The molecule has 1 saturated heterocycles. The van der Waals surface area contributed by atoms with Crippen molar-refractivity contribution in [2.24, 2.45) is 0 Å². The van der Waals surface area contributed by atoms with E-state index in [0.717, 1.165) is 25.7 Å². The van der Waals surface area contributed by atoms with Gasteiger partial charge < -0.3 is 4.90 Å². The second-order valence-corrected chi connectivity index (χ2v) is 7.76. The lowest BCUT2D eigenvalue weighted by Crippen LogP contribution is -2.32. The number of carbonyl (C=O) groups excluding carboxylic acids is 1. The van der Waals surface area contributed by atoms with Gasteiger partial charge in [-0.2, -0.15) is 10.2 Å². The Hall–Kier alpha value is -3.50. The van der Waals surface area contributed by atoms with Crippen LogP contribution < -0.4 is 0 Å². The number of aromatic nitrogens is 6. The van der Waals surface area contributed by atoms with Gasteiger partial charge in [0.25, 0.3) is 18.6 Å². The van der Waals surface area contributed by atoms with Gasteiger partial charge in [0.05, 0.1) is 29.0 Å². The van der Waals surface area contributed by atoms with E-state index in [2.05, 4.69) is 20.2 Å². The highest BCUT2D eigenvalue weighted by atomic mass is 19.3. The molecular formula is C21H20F3N7O. The van der Waals surface area contributed by atoms with E-state index in [1.807, 2.05) is 0 Å². The Morgan fingerprint density at radius 3 is 2.53 bits per heavy atom. The van der Waals surface area contributed by atoms with E-state index in [4.69, 9.17) is 0 Å². The number of carbonyl (C=O) groups is 1. The van der Waals surface area contributed by atoms with Crippen LogP contribution in [0.3, 0.4) is 0 Å². The Bertz CT molecular complexity index is 1280. The Labute approximate surface area is 180 Å². The first kappa shape index (κ1) is 20.4. The quantitative estimate of drug-likeness (QED) is 0.478. The lowest BCUT2D eigenvalue weighted by molar-refractivity contribution is 0.00357. The van der Waals surface area contributed by atoms with Crippen LogP contribution in [-0.2, 0) is 0 Å². The number of amides is 1. The number of likely N-dealkylation sites (tertiary alicyclic amines) is 1. The van der Waals surface area contributed by atoms with E-state index >= 15 is 0 Å². The third kappa shape index (κ3) is 3.47. The number of hydrogen-bond acceptors (Lipinski definition) is 5. The van der Waals surface area contributed by atoms with E-state index in [1.54, 1.807) is 28.0 Å². The largest absolute Gasteiger partial charge is 0.337 e. The normalized spacial score (nSPS) is 16.1. The average Bonchev–Trinajstić information content (AvgIpc) is 3.28. The third-order valence-electron chi connectivity index (χ3n) is 5.73. The Morgan fingerprint density at radius 1 is 1.00 bits per heavy atom. The van der Waals surface area contributed by atoms with Gasteiger partial charge in [-0.15, -0.1) is 0 Å². The summed E-state index contributed by atoms with van der Waals surface area (Å²) in [6, 6.07) is 1.35. The molecule has 0 radical (unpaired) electrons. The van der Waals surface area contributed by atoms with Crippen LogP contribution >= 0.6 is 0 Å². The molecule has 32 heavy (non-hydrogen) atoms. The van der Waals surface area contributed by atoms with Crippen LogP contribution in [0.2, 0.25) is 0 Å². The second kappa shape index (κ2) is 8.21. The first-order chi connectivity index (χ1) is 15.5. The molecular weight excluding hydrogens is 423 g/mol. The molecule has 1 atom stereocenters. The van der Waals surface area contributed by atoms with Gasteiger partial charge >= 0.3 is 0 Å². The Morgan fingerprint density at radius 2 is 1.78 bits per heavy atom. The van der Waals surface area contributed by atoms with Gasteiger partial charge in [-0.25, -0.2) is 22.4 Å². The molecule has 4 aromatic heterocycles. The molecule has 5 heterocycles. The van der Waals surface area contributed by atoms with Crippen LogP contribution in [0, 0.1) is 0 Å². The zero-order valence-electron chi connectivity index (χ0n) is 17.0. The van der Waals surface area contributed by atoms with Gasteiger partial charge in [-0.3, -0.25) is 14.8 Å². The SMILES string of the molecule is O=C(c1cc2c(cn1)c(-c1cnn3ccncc13)nn2C(F)C(F)F)N1CCCCCC1. The highest BCUT2D eigenvalue weighted by Crippen LogP contribution is 2.33. The standard InChI is InChI=1S/C21H20F3N7O/c22-19(23)20(24)31-16-9-15(21(32)29-6-3-1-2-4-7-29)26-10-13(16)18(28-31)14-11-27-30-8-5-25-12-17(14)30/h5,8-12,19-20H,1-4,6-7H2. The number of alkyl halides is 3. The maximum atomic E-state index is 14.5. The summed E-state index contributed by atoms with van der Waals surface area (Å²) >= 11 is 0. The van der Waals surface area contributed by atoms with Gasteiger partial charge in [0.2, 0.25) is 0 Å². The van der Waals surface area contributed by atoms with Crippen LogP contribution in [-0.4, -0.2) is 59.7 Å². The predicted octanol–water partition coefficient (Wildman–Crippen LogP) is 3.89. The zero-order chi connectivity index (χ0) is 22.2. The van der Waals surface area contributed by atoms with Crippen molar-refractivity contribution in [1.82, 2.24) is 34.3 Å². The number of nitrogens with zero attached hydrogens (tertiary/aromatic N) is 7. The van der Waals surface area contributed by atoms with Crippen molar-refractivity contribution < 1.29 is 18.0 Å². The molecule has 166 valence electrons. The topological polar surface area (TPSA) is 81.2 Å². The summed E-state index contributed by atoms with van der Waals surface area (Å²) in [5, 5.41) is 8.70. The Kier molecular flexibility index (Phi) is 5.24. The number of halogens is 3. The minimum atomic E-state index is -3.28. The smallest absolute Gasteiger partial charge is 0.289 e. The van der Waals surface area contributed by atoms with Gasteiger partial charge in [0.1, 0.15) is 11.4 Å². The highest BCUT2D eigenvalue weighted by molar-refractivity contribution is 6.00. The van der Waals surface area contributed by atoms with Gasteiger partial charge in [-0.05, 0) is 18.9 Å². The van der Waals surface area contributed by atoms with E-state index in [9.17, 15) is 18.0 Å².